The van der Waals surface area contributed by atoms with Crippen LogP contribution in [0.15, 0.2) is 60.9 Å². The number of halogens is 1. The topological polar surface area (TPSA) is 99.0 Å². The first-order valence-corrected chi connectivity index (χ1v) is 11.7. The predicted molar refractivity (Wildman–Crippen MR) is 123 cm³/mol. The third-order valence-corrected chi connectivity index (χ3v) is 6.39. The van der Waals surface area contributed by atoms with E-state index in [1.807, 2.05) is 20.8 Å². The molecular formula is C23H22FN5O3S. The second kappa shape index (κ2) is 8.99. The van der Waals surface area contributed by atoms with E-state index in [0.717, 1.165) is 17.0 Å². The molecule has 2 heterocycles. The van der Waals surface area contributed by atoms with Gasteiger partial charge in [0.05, 0.1) is 11.4 Å². The molecule has 0 bridgehead atoms. The van der Waals surface area contributed by atoms with Crippen molar-refractivity contribution >= 4 is 15.7 Å². The molecule has 33 heavy (non-hydrogen) atoms. The lowest BCUT2D eigenvalue weighted by atomic mass is 10.2. The highest BCUT2D eigenvalue weighted by atomic mass is 32.2. The molecule has 0 amide bonds. The molecule has 170 valence electrons. The van der Waals surface area contributed by atoms with Crippen molar-refractivity contribution in [2.45, 2.75) is 26.5 Å². The second-order valence-corrected chi connectivity index (χ2v) is 9.22. The smallest absolute Gasteiger partial charge is 0.237 e. The lowest BCUT2D eigenvalue weighted by molar-refractivity contribution is 0.460. The highest BCUT2D eigenvalue weighted by molar-refractivity contribution is 7.91. The van der Waals surface area contributed by atoms with E-state index < -0.39 is 21.6 Å². The first-order valence-electron chi connectivity index (χ1n) is 10.1. The number of aromatic nitrogens is 4. The average molecular weight is 468 g/mol. The minimum Gasteiger partial charge on any atom is -0.439 e. The summed E-state index contributed by atoms with van der Waals surface area (Å²) in [6.07, 6.45) is 1.39. The molecule has 0 aliphatic rings. The van der Waals surface area contributed by atoms with Gasteiger partial charge in [0, 0.05) is 23.0 Å². The molecule has 0 aliphatic heterocycles. The Morgan fingerprint density at radius 3 is 2.42 bits per heavy atom. The standard InChI is InChI=1S/C23H22FN5O3S/c1-15-16(2)27-29(17(15)3)22-12-23(26-14-25-22)32-20-10-8-19(9-11-20)28-33(30,31)13-18-6-4-5-7-21(18)24/h4-12,14,28H,13H2,1-3H3. The maximum atomic E-state index is 13.8. The Bertz CT molecular complexity index is 1400. The van der Waals surface area contributed by atoms with Crippen LogP contribution in [0, 0.1) is 26.6 Å². The summed E-state index contributed by atoms with van der Waals surface area (Å²) in [5.41, 5.74) is 3.41. The van der Waals surface area contributed by atoms with Gasteiger partial charge in [-0.1, -0.05) is 18.2 Å². The number of anilines is 1. The van der Waals surface area contributed by atoms with Gasteiger partial charge in [-0.25, -0.2) is 27.5 Å². The van der Waals surface area contributed by atoms with Crippen LogP contribution in [0.3, 0.4) is 0 Å². The molecule has 4 rings (SSSR count). The van der Waals surface area contributed by atoms with Crippen molar-refractivity contribution in [3.8, 4) is 17.4 Å². The Balaban J connectivity index is 1.46. The van der Waals surface area contributed by atoms with Gasteiger partial charge in [-0.15, -0.1) is 0 Å². The second-order valence-electron chi connectivity index (χ2n) is 7.50. The van der Waals surface area contributed by atoms with E-state index in [9.17, 15) is 12.8 Å². The maximum Gasteiger partial charge on any atom is 0.237 e. The SMILES string of the molecule is Cc1nn(-c2cc(Oc3ccc(NS(=O)(=O)Cc4ccccc4F)cc3)ncn2)c(C)c1C. The molecule has 2 aromatic heterocycles. The number of aryl methyl sites for hydroxylation is 1. The molecule has 0 atom stereocenters. The number of nitrogens with one attached hydrogen (secondary N) is 1. The molecule has 2 aromatic carbocycles. The van der Waals surface area contributed by atoms with Crippen molar-refractivity contribution in [2.24, 2.45) is 0 Å². The zero-order chi connectivity index (χ0) is 23.6. The van der Waals surface area contributed by atoms with E-state index in [4.69, 9.17) is 4.74 Å². The fourth-order valence-electron chi connectivity index (χ4n) is 3.19. The third kappa shape index (κ3) is 5.17. The minimum atomic E-state index is -3.78. The molecule has 0 saturated carbocycles. The number of ether oxygens (including phenoxy) is 1. The third-order valence-electron chi connectivity index (χ3n) is 5.15. The zero-order valence-corrected chi connectivity index (χ0v) is 19.1. The quantitative estimate of drug-likeness (QED) is 0.431. The Morgan fingerprint density at radius 1 is 1.03 bits per heavy atom. The molecule has 0 saturated heterocycles. The Kier molecular flexibility index (Phi) is 6.10. The molecular weight excluding hydrogens is 445 g/mol. The zero-order valence-electron chi connectivity index (χ0n) is 18.3. The van der Waals surface area contributed by atoms with Crippen LogP contribution >= 0.6 is 0 Å². The van der Waals surface area contributed by atoms with Crippen LogP contribution in [0.2, 0.25) is 0 Å². The number of hydrogen-bond donors (Lipinski definition) is 1. The molecule has 0 unspecified atom stereocenters. The summed E-state index contributed by atoms with van der Waals surface area (Å²) in [6.45, 7) is 5.90. The summed E-state index contributed by atoms with van der Waals surface area (Å²) in [6, 6.07) is 13.8. The van der Waals surface area contributed by atoms with Gasteiger partial charge < -0.3 is 4.74 Å². The van der Waals surface area contributed by atoms with Crippen molar-refractivity contribution in [2.75, 3.05) is 4.72 Å². The van der Waals surface area contributed by atoms with Gasteiger partial charge in [0.2, 0.25) is 15.9 Å². The van der Waals surface area contributed by atoms with Crippen LogP contribution in [-0.4, -0.2) is 28.2 Å². The van der Waals surface area contributed by atoms with Gasteiger partial charge in [-0.05, 0) is 56.7 Å². The fraction of sp³-hybridized carbons (Fsp3) is 0.174. The van der Waals surface area contributed by atoms with E-state index in [0.29, 0.717) is 23.1 Å². The highest BCUT2D eigenvalue weighted by Gasteiger charge is 2.15. The summed E-state index contributed by atoms with van der Waals surface area (Å²) in [4.78, 5) is 8.40. The van der Waals surface area contributed by atoms with Crippen LogP contribution in [0.1, 0.15) is 22.5 Å². The number of rotatable bonds is 7. The first kappa shape index (κ1) is 22.4. The Hall–Kier alpha value is -3.79. The molecule has 0 radical (unpaired) electrons. The summed E-state index contributed by atoms with van der Waals surface area (Å²) < 4.78 is 48.5. The lowest BCUT2D eigenvalue weighted by Gasteiger charge is -2.10. The predicted octanol–water partition coefficient (Wildman–Crippen LogP) is 4.46. The largest absolute Gasteiger partial charge is 0.439 e. The molecule has 0 spiro atoms. The van der Waals surface area contributed by atoms with Gasteiger partial charge in [0.1, 0.15) is 17.9 Å². The van der Waals surface area contributed by atoms with Gasteiger partial charge in [0.15, 0.2) is 5.82 Å². The van der Waals surface area contributed by atoms with Crippen LogP contribution < -0.4 is 9.46 Å². The number of benzene rings is 2. The molecule has 8 nitrogen and oxygen atoms in total. The summed E-state index contributed by atoms with van der Waals surface area (Å²) >= 11 is 0. The lowest BCUT2D eigenvalue weighted by Crippen LogP contribution is -2.15. The van der Waals surface area contributed by atoms with Crippen LogP contribution in [0.5, 0.6) is 11.6 Å². The average Bonchev–Trinajstić information content (AvgIpc) is 3.04. The van der Waals surface area contributed by atoms with Crippen LogP contribution in [0.25, 0.3) is 5.82 Å². The van der Waals surface area contributed by atoms with Gasteiger partial charge >= 0.3 is 0 Å². The Morgan fingerprint density at radius 2 is 1.76 bits per heavy atom. The van der Waals surface area contributed by atoms with E-state index >= 15 is 0 Å². The summed E-state index contributed by atoms with van der Waals surface area (Å²) in [7, 11) is -3.78. The monoisotopic (exact) mass is 467 g/mol. The normalized spacial score (nSPS) is 11.4. The fourth-order valence-corrected chi connectivity index (χ4v) is 4.40. The van der Waals surface area contributed by atoms with Crippen molar-refractivity contribution in [3.05, 3.63) is 89.3 Å². The van der Waals surface area contributed by atoms with Gasteiger partial charge in [-0.2, -0.15) is 5.10 Å². The molecule has 1 N–H and O–H groups in total. The van der Waals surface area contributed by atoms with E-state index in [1.165, 1.54) is 24.5 Å². The van der Waals surface area contributed by atoms with Crippen LogP contribution in [0.4, 0.5) is 10.1 Å². The number of nitrogens with zero attached hydrogens (tertiary/aromatic N) is 4. The van der Waals surface area contributed by atoms with Crippen LogP contribution in [-0.2, 0) is 15.8 Å². The molecule has 10 heteroatoms. The van der Waals surface area contributed by atoms with Crippen molar-refractivity contribution in [1.29, 1.82) is 0 Å². The Labute approximate surface area is 191 Å². The van der Waals surface area contributed by atoms with E-state index in [2.05, 4.69) is 19.8 Å². The van der Waals surface area contributed by atoms with Gasteiger partial charge in [-0.3, -0.25) is 4.72 Å². The number of sulfonamides is 1. The van der Waals surface area contributed by atoms with Crippen molar-refractivity contribution in [1.82, 2.24) is 19.7 Å². The molecule has 0 aliphatic carbocycles. The maximum absolute atomic E-state index is 13.8. The minimum absolute atomic E-state index is 0.0994. The van der Waals surface area contributed by atoms with E-state index in [-0.39, 0.29) is 5.56 Å². The summed E-state index contributed by atoms with van der Waals surface area (Å²) in [5, 5.41) is 4.49. The highest BCUT2D eigenvalue weighted by Crippen LogP contribution is 2.24. The molecule has 4 aromatic rings. The van der Waals surface area contributed by atoms with Crippen molar-refractivity contribution in [3.63, 3.8) is 0 Å². The van der Waals surface area contributed by atoms with Crippen molar-refractivity contribution < 1.29 is 17.5 Å². The van der Waals surface area contributed by atoms with E-state index in [1.54, 1.807) is 41.1 Å². The first-order chi connectivity index (χ1) is 15.7. The van der Waals surface area contributed by atoms with Gasteiger partial charge in [0.25, 0.3) is 0 Å². The number of hydrogen-bond acceptors (Lipinski definition) is 6. The molecule has 0 fully saturated rings. The summed E-state index contributed by atoms with van der Waals surface area (Å²) in [5.74, 6) is 0.324.